The molecular weight excluding hydrogens is 338 g/mol. The molecule has 0 amide bonds. The van der Waals surface area contributed by atoms with Crippen molar-refractivity contribution < 1.29 is 0 Å². The van der Waals surface area contributed by atoms with Crippen LogP contribution in [0.3, 0.4) is 0 Å². The van der Waals surface area contributed by atoms with E-state index in [1.54, 1.807) is 0 Å². The molecule has 3 nitrogen and oxygen atoms in total. The average molecular weight is 364 g/mol. The maximum Gasteiger partial charge on any atom is 0.202 e. The predicted molar refractivity (Wildman–Crippen MR) is 114 cm³/mol. The molecule has 1 heterocycles. The molecule has 1 aliphatic heterocycles. The first kappa shape index (κ1) is 17.2. The number of anilines is 2. The van der Waals surface area contributed by atoms with Gasteiger partial charge in [0.1, 0.15) is 11.4 Å². The first-order valence-electron chi connectivity index (χ1n) is 9.49. The highest BCUT2D eigenvalue weighted by molar-refractivity contribution is 7.80. The minimum Gasteiger partial charge on any atom is -0.341 e. The van der Waals surface area contributed by atoms with Gasteiger partial charge in [-0.05, 0) is 61.7 Å². The van der Waals surface area contributed by atoms with E-state index in [9.17, 15) is 0 Å². The molecule has 26 heavy (non-hydrogen) atoms. The van der Waals surface area contributed by atoms with Gasteiger partial charge >= 0.3 is 0 Å². The normalized spacial score (nSPS) is 18.5. The van der Waals surface area contributed by atoms with Crippen LogP contribution < -0.4 is 10.2 Å². The molecule has 1 fully saturated rings. The molecule has 134 valence electrons. The second-order valence-corrected chi connectivity index (χ2v) is 7.61. The zero-order valence-electron chi connectivity index (χ0n) is 15.5. The summed E-state index contributed by atoms with van der Waals surface area (Å²) in [5.74, 6) is 1.02. The molecule has 0 aromatic heterocycles. The molecule has 1 spiro atoms. The summed E-state index contributed by atoms with van der Waals surface area (Å²) in [7, 11) is 0. The van der Waals surface area contributed by atoms with Gasteiger partial charge in [-0.1, -0.05) is 56.2 Å². The van der Waals surface area contributed by atoms with Crippen molar-refractivity contribution in [2.75, 3.05) is 10.2 Å². The van der Waals surface area contributed by atoms with Gasteiger partial charge in [0, 0.05) is 11.4 Å². The van der Waals surface area contributed by atoms with Crippen molar-refractivity contribution in [3.8, 4) is 0 Å². The monoisotopic (exact) mass is 363 g/mol. The van der Waals surface area contributed by atoms with E-state index < -0.39 is 0 Å². The Morgan fingerprint density at radius 1 is 1.08 bits per heavy atom. The Morgan fingerprint density at radius 2 is 1.81 bits per heavy atom. The van der Waals surface area contributed by atoms with Crippen molar-refractivity contribution in [2.24, 2.45) is 4.99 Å². The summed E-state index contributed by atoms with van der Waals surface area (Å²) >= 11 is 5.72. The Balaban J connectivity index is 1.75. The molecule has 1 N–H and O–H groups in total. The molecule has 2 aromatic rings. The lowest BCUT2D eigenvalue weighted by Crippen LogP contribution is -2.52. The Morgan fingerprint density at radius 3 is 2.50 bits per heavy atom. The fourth-order valence-corrected chi connectivity index (χ4v) is 4.73. The van der Waals surface area contributed by atoms with E-state index in [-0.39, 0.29) is 5.54 Å². The van der Waals surface area contributed by atoms with E-state index in [0.29, 0.717) is 5.11 Å². The number of aliphatic imine (C=N–C) groups is 1. The third-order valence-corrected chi connectivity index (χ3v) is 5.97. The van der Waals surface area contributed by atoms with Crippen molar-refractivity contribution in [2.45, 2.75) is 51.5 Å². The van der Waals surface area contributed by atoms with Crippen LogP contribution in [0, 0.1) is 6.92 Å². The maximum atomic E-state index is 5.72. The summed E-state index contributed by atoms with van der Waals surface area (Å²) in [6.07, 6.45) is 5.58. The van der Waals surface area contributed by atoms with E-state index in [0.717, 1.165) is 30.8 Å². The SMILES string of the molecule is CCc1cccc(C)c1NC1=NC(=S)N(c2ccccc2)C12CCCC2. The van der Waals surface area contributed by atoms with Crippen LogP contribution >= 0.6 is 12.2 Å². The van der Waals surface area contributed by atoms with E-state index in [1.807, 2.05) is 6.07 Å². The molecular formula is C22H25N3S. The van der Waals surface area contributed by atoms with Gasteiger partial charge in [0.15, 0.2) is 0 Å². The van der Waals surface area contributed by atoms with E-state index >= 15 is 0 Å². The molecule has 0 radical (unpaired) electrons. The molecule has 2 aromatic carbocycles. The zero-order valence-corrected chi connectivity index (χ0v) is 16.3. The number of amidine groups is 1. The van der Waals surface area contributed by atoms with Gasteiger partial charge < -0.3 is 10.2 Å². The Kier molecular flexibility index (Phi) is 4.53. The molecule has 1 saturated carbocycles. The second kappa shape index (κ2) is 6.84. The fraction of sp³-hybridized carbons (Fsp3) is 0.364. The molecule has 1 aliphatic carbocycles. The molecule has 2 aliphatic rings. The lowest BCUT2D eigenvalue weighted by atomic mass is 9.93. The zero-order chi connectivity index (χ0) is 18.1. The van der Waals surface area contributed by atoms with Crippen LogP contribution in [0.4, 0.5) is 11.4 Å². The predicted octanol–water partition coefficient (Wildman–Crippen LogP) is 5.49. The van der Waals surface area contributed by atoms with Gasteiger partial charge in [0.05, 0.1) is 0 Å². The van der Waals surface area contributed by atoms with Gasteiger partial charge in [0.2, 0.25) is 5.11 Å². The minimum atomic E-state index is -0.133. The van der Waals surface area contributed by atoms with Crippen LogP contribution in [0.15, 0.2) is 53.5 Å². The summed E-state index contributed by atoms with van der Waals surface area (Å²) in [6, 6.07) is 16.9. The number of benzene rings is 2. The summed E-state index contributed by atoms with van der Waals surface area (Å²) in [6.45, 7) is 4.36. The van der Waals surface area contributed by atoms with Gasteiger partial charge in [-0.15, -0.1) is 0 Å². The van der Waals surface area contributed by atoms with Gasteiger partial charge in [-0.25, -0.2) is 4.99 Å². The first-order chi connectivity index (χ1) is 12.7. The Labute approximate surface area is 161 Å². The highest BCUT2D eigenvalue weighted by Crippen LogP contribution is 2.43. The highest BCUT2D eigenvalue weighted by Gasteiger charge is 2.50. The van der Waals surface area contributed by atoms with Crippen molar-refractivity contribution in [1.82, 2.24) is 0 Å². The van der Waals surface area contributed by atoms with Crippen LogP contribution in [-0.4, -0.2) is 16.5 Å². The quantitative estimate of drug-likeness (QED) is 0.731. The van der Waals surface area contributed by atoms with E-state index in [1.165, 1.54) is 29.7 Å². The van der Waals surface area contributed by atoms with Crippen molar-refractivity contribution in [1.29, 1.82) is 0 Å². The van der Waals surface area contributed by atoms with Crippen LogP contribution in [0.25, 0.3) is 0 Å². The second-order valence-electron chi connectivity index (χ2n) is 7.24. The van der Waals surface area contributed by atoms with Crippen molar-refractivity contribution >= 4 is 34.5 Å². The maximum absolute atomic E-state index is 5.72. The molecule has 4 rings (SSSR count). The number of rotatable bonds is 3. The lowest BCUT2D eigenvalue weighted by molar-refractivity contribution is 0.595. The topological polar surface area (TPSA) is 27.6 Å². The third kappa shape index (κ3) is 2.73. The van der Waals surface area contributed by atoms with Crippen LogP contribution in [0.1, 0.15) is 43.7 Å². The van der Waals surface area contributed by atoms with Crippen LogP contribution in [-0.2, 0) is 6.42 Å². The average Bonchev–Trinajstić information content (AvgIpc) is 3.23. The lowest BCUT2D eigenvalue weighted by Gasteiger charge is -2.37. The van der Waals surface area contributed by atoms with Crippen molar-refractivity contribution in [3.63, 3.8) is 0 Å². The number of hydrogen-bond donors (Lipinski definition) is 1. The highest BCUT2D eigenvalue weighted by atomic mass is 32.1. The summed E-state index contributed by atoms with van der Waals surface area (Å²) in [4.78, 5) is 7.14. The largest absolute Gasteiger partial charge is 0.341 e. The van der Waals surface area contributed by atoms with Gasteiger partial charge in [-0.3, -0.25) is 0 Å². The number of nitrogens with zero attached hydrogens (tertiary/aromatic N) is 2. The molecule has 0 unspecified atom stereocenters. The third-order valence-electron chi connectivity index (χ3n) is 5.70. The minimum absolute atomic E-state index is 0.133. The Bertz CT molecular complexity index is 851. The molecule has 0 bridgehead atoms. The van der Waals surface area contributed by atoms with Crippen molar-refractivity contribution in [3.05, 3.63) is 59.7 Å². The standard InChI is InChI=1S/C22H25N3S/c1-3-17-11-9-10-16(2)19(17)23-20-22(14-7-8-15-22)25(21(26)24-20)18-12-5-4-6-13-18/h4-6,9-13H,3,7-8,14-15H2,1-2H3,(H,23,24,26). The van der Waals surface area contributed by atoms with Crippen LogP contribution in [0.5, 0.6) is 0 Å². The Hall–Kier alpha value is -2.20. The first-order valence-corrected chi connectivity index (χ1v) is 9.90. The smallest absolute Gasteiger partial charge is 0.202 e. The number of para-hydroxylation sites is 2. The summed E-state index contributed by atoms with van der Waals surface area (Å²) in [5.41, 5.74) is 4.78. The molecule has 0 saturated heterocycles. The molecule has 4 heteroatoms. The van der Waals surface area contributed by atoms with Crippen LogP contribution in [0.2, 0.25) is 0 Å². The van der Waals surface area contributed by atoms with E-state index in [4.69, 9.17) is 17.2 Å². The molecule has 0 atom stereocenters. The van der Waals surface area contributed by atoms with Gasteiger partial charge in [0.25, 0.3) is 0 Å². The number of thiocarbonyl (C=S) groups is 1. The van der Waals surface area contributed by atoms with Gasteiger partial charge in [-0.2, -0.15) is 0 Å². The summed E-state index contributed by atoms with van der Waals surface area (Å²) in [5, 5.41) is 4.39. The fourth-order valence-electron chi connectivity index (χ4n) is 4.36. The summed E-state index contributed by atoms with van der Waals surface area (Å²) < 4.78 is 0. The van der Waals surface area contributed by atoms with E-state index in [2.05, 4.69) is 66.5 Å². The number of hydrogen-bond acceptors (Lipinski definition) is 2. The number of aryl methyl sites for hydroxylation is 2. The number of nitrogens with one attached hydrogen (secondary N) is 1.